The summed E-state index contributed by atoms with van der Waals surface area (Å²) in [5.41, 5.74) is 10.3. The fraction of sp³-hybridized carbons (Fsp3) is 0.143. The standard InChI is InChI=1S/C31H24N2.C13H9ClNS2.C3H8.C2H6.Y/c1-3-11-29-23(4-2)25-19-18-21(20-30(25)33(29)22-12-6-5-7-13-22)24-15-10-17-28-31(24)26-14-8-9-16-27(26)32-28;1-15-9-3-5-11-12(13(9)16)8-6-7(14)2-4-10(8)17-11;1-3-2;1-2;/h3-20,32H,2H2,1H3;2-6,16H,1H3;3H2,1-2H3;1-2H3;/q;-1;;;/p-1/b11-3-;;;;. The quantitative estimate of drug-likeness (QED) is 0.172. The van der Waals surface area contributed by atoms with Crippen LogP contribution in [0.4, 0.5) is 5.69 Å². The van der Waals surface area contributed by atoms with Gasteiger partial charge in [0.25, 0.3) is 0 Å². The summed E-state index contributed by atoms with van der Waals surface area (Å²) in [5.74, 6) is 0. The zero-order valence-corrected chi connectivity index (χ0v) is 38.1. The van der Waals surface area contributed by atoms with E-state index in [1.165, 1.54) is 48.6 Å². The van der Waals surface area contributed by atoms with Gasteiger partial charge in [0, 0.05) is 91.0 Å². The molecule has 7 heteroatoms. The Balaban J connectivity index is 0.000000220. The predicted molar refractivity (Wildman–Crippen MR) is 249 cm³/mol. The number of nitrogens with one attached hydrogen (secondary N) is 1. The van der Waals surface area contributed by atoms with E-state index in [0.717, 1.165) is 54.4 Å². The molecule has 281 valence electrons. The van der Waals surface area contributed by atoms with Gasteiger partial charge in [-0.15, -0.1) is 18.4 Å². The van der Waals surface area contributed by atoms with Crippen molar-refractivity contribution in [2.45, 2.75) is 45.9 Å². The summed E-state index contributed by atoms with van der Waals surface area (Å²) in [6, 6.07) is 42.4. The number of rotatable bonds is 5. The number of para-hydroxylation sites is 2. The number of hydrogen-bond acceptors (Lipinski definition) is 2. The van der Waals surface area contributed by atoms with Crippen molar-refractivity contribution in [2.24, 2.45) is 0 Å². The van der Waals surface area contributed by atoms with Crippen molar-refractivity contribution >= 4 is 106 Å². The fourth-order valence-electron chi connectivity index (χ4n) is 7.01. The molecule has 0 aliphatic rings. The van der Waals surface area contributed by atoms with Gasteiger partial charge in [-0.1, -0.05) is 131 Å². The van der Waals surface area contributed by atoms with Gasteiger partial charge in [-0.3, -0.25) is 0 Å². The van der Waals surface area contributed by atoms with Crippen LogP contribution in [0.15, 0.2) is 139 Å². The van der Waals surface area contributed by atoms with Crippen LogP contribution in [0.1, 0.15) is 52.3 Å². The topological polar surface area (TPSA) is 34.8 Å². The van der Waals surface area contributed by atoms with Crippen molar-refractivity contribution in [1.29, 1.82) is 0 Å². The summed E-state index contributed by atoms with van der Waals surface area (Å²) in [6.07, 6.45) is 7.48. The van der Waals surface area contributed by atoms with E-state index in [1.807, 2.05) is 44.2 Å². The Kier molecular flexibility index (Phi) is 15.1. The van der Waals surface area contributed by atoms with Crippen LogP contribution in [0.25, 0.3) is 87.2 Å². The van der Waals surface area contributed by atoms with Crippen LogP contribution in [-0.4, -0.2) is 16.6 Å². The van der Waals surface area contributed by atoms with Gasteiger partial charge in [0.2, 0.25) is 0 Å². The molecule has 0 unspecified atom stereocenters. The van der Waals surface area contributed by atoms with E-state index in [2.05, 4.69) is 151 Å². The minimum atomic E-state index is 0. The minimum Gasteiger partial charge on any atom is -0.780 e. The molecule has 0 aliphatic carbocycles. The molecular formula is C49H46ClN3S2Y-2. The molecule has 0 bridgehead atoms. The Morgan fingerprint density at radius 1 is 0.786 bits per heavy atom. The van der Waals surface area contributed by atoms with Crippen LogP contribution < -0.4 is 0 Å². The summed E-state index contributed by atoms with van der Waals surface area (Å²) in [7, 11) is 1.76. The Hall–Kier alpha value is -4.23. The zero-order chi connectivity index (χ0) is 39.1. The molecule has 3 nitrogen and oxygen atoms in total. The summed E-state index contributed by atoms with van der Waals surface area (Å²) in [5, 5.41) is 10.9. The first-order valence-electron chi connectivity index (χ1n) is 18.8. The van der Waals surface area contributed by atoms with E-state index < -0.39 is 0 Å². The maximum atomic E-state index is 6.05. The molecule has 6 aromatic carbocycles. The van der Waals surface area contributed by atoms with Gasteiger partial charge < -0.3 is 27.5 Å². The molecule has 0 saturated carbocycles. The summed E-state index contributed by atoms with van der Waals surface area (Å²) in [4.78, 5) is 4.39. The molecule has 3 heterocycles. The zero-order valence-electron chi connectivity index (χ0n) is 32.9. The Morgan fingerprint density at radius 3 is 2.20 bits per heavy atom. The van der Waals surface area contributed by atoms with E-state index in [4.69, 9.17) is 24.2 Å². The second-order valence-electron chi connectivity index (χ2n) is 12.8. The first-order valence-corrected chi connectivity index (χ1v) is 20.4. The molecular weight excluding hydrogens is 819 g/mol. The van der Waals surface area contributed by atoms with Crippen molar-refractivity contribution in [3.05, 3.63) is 156 Å². The number of allylic oxidation sites excluding steroid dienone is 1. The van der Waals surface area contributed by atoms with Crippen LogP contribution in [0.2, 0.25) is 5.02 Å². The number of halogens is 1. The van der Waals surface area contributed by atoms with Gasteiger partial charge in [-0.05, 0) is 84.1 Å². The van der Waals surface area contributed by atoms with E-state index in [-0.39, 0.29) is 32.7 Å². The number of thiophene rings is 1. The molecule has 0 fully saturated rings. The molecule has 0 saturated heterocycles. The van der Waals surface area contributed by atoms with Crippen LogP contribution in [-0.2, 0) is 45.3 Å². The summed E-state index contributed by atoms with van der Waals surface area (Å²) >= 11 is 13.3. The molecule has 3 aromatic heterocycles. The first-order chi connectivity index (χ1) is 26.9. The SMILES string of the molecule is C=Cc1c(/C=C\C)n(-c2ccccc2)c2cc(-c3cccc4[nH]c5ccccc5c34)ccc12.CC.CCC.C[N-]c1ccc2sc3ccc(Cl)cc3c2c1[S-].[Y]. The molecule has 0 atom stereocenters. The third-order valence-electron chi connectivity index (χ3n) is 9.20. The second kappa shape index (κ2) is 19.8. The summed E-state index contributed by atoms with van der Waals surface area (Å²) in [6.45, 7) is 14.4. The number of hydrogen-bond donors (Lipinski definition) is 1. The third-order valence-corrected chi connectivity index (χ3v) is 11.0. The molecule has 0 amide bonds. The van der Waals surface area contributed by atoms with E-state index in [9.17, 15) is 0 Å². The Morgan fingerprint density at radius 2 is 1.48 bits per heavy atom. The first kappa shape index (κ1) is 42.9. The van der Waals surface area contributed by atoms with Crippen molar-refractivity contribution < 1.29 is 32.7 Å². The average Bonchev–Trinajstić information content (AvgIpc) is 3.89. The molecule has 0 aliphatic heterocycles. The maximum Gasteiger partial charge on any atom is 0.0547 e. The summed E-state index contributed by atoms with van der Waals surface area (Å²) < 4.78 is 4.74. The second-order valence-corrected chi connectivity index (χ2v) is 14.7. The number of benzene rings is 6. The molecule has 0 spiro atoms. The van der Waals surface area contributed by atoms with E-state index in [1.54, 1.807) is 18.4 Å². The van der Waals surface area contributed by atoms with Crippen LogP contribution >= 0.6 is 22.9 Å². The van der Waals surface area contributed by atoms with Gasteiger partial charge in [0.05, 0.1) is 11.2 Å². The third kappa shape index (κ3) is 8.39. The van der Waals surface area contributed by atoms with Crippen LogP contribution in [0, 0.1) is 0 Å². The normalized spacial score (nSPS) is 10.8. The number of fused-ring (bicyclic) bond motifs is 7. The van der Waals surface area contributed by atoms with Gasteiger partial charge in [-0.2, -0.15) is 10.6 Å². The van der Waals surface area contributed by atoms with Crippen molar-refractivity contribution in [3.8, 4) is 16.8 Å². The van der Waals surface area contributed by atoms with Gasteiger partial charge in [0.15, 0.2) is 0 Å². The molecule has 1 N–H and O–H groups in total. The average molecular weight is 865 g/mol. The van der Waals surface area contributed by atoms with Crippen LogP contribution in [0.5, 0.6) is 0 Å². The number of aromatic amines is 1. The molecule has 56 heavy (non-hydrogen) atoms. The molecule has 1 radical (unpaired) electrons. The van der Waals surface area contributed by atoms with Gasteiger partial charge >= 0.3 is 0 Å². The predicted octanol–water partition coefficient (Wildman–Crippen LogP) is 16.3. The van der Waals surface area contributed by atoms with Crippen molar-refractivity contribution in [2.75, 3.05) is 7.05 Å². The maximum absolute atomic E-state index is 6.05. The minimum absolute atomic E-state index is 0. The molecule has 9 aromatic rings. The fourth-order valence-corrected chi connectivity index (χ4v) is 8.72. The van der Waals surface area contributed by atoms with E-state index >= 15 is 0 Å². The largest absolute Gasteiger partial charge is 0.780 e. The van der Waals surface area contributed by atoms with Gasteiger partial charge in [0.1, 0.15) is 0 Å². The monoisotopic (exact) mass is 864 g/mol. The van der Waals surface area contributed by atoms with Crippen molar-refractivity contribution in [1.82, 2.24) is 9.55 Å². The number of H-pyrrole nitrogens is 1. The Labute approximate surface area is 370 Å². The smallest absolute Gasteiger partial charge is 0.0547 e. The van der Waals surface area contributed by atoms with Gasteiger partial charge in [-0.25, -0.2) is 0 Å². The number of nitrogens with zero attached hydrogens (tertiary/aromatic N) is 2. The number of aromatic nitrogens is 2. The van der Waals surface area contributed by atoms with Crippen molar-refractivity contribution in [3.63, 3.8) is 0 Å². The van der Waals surface area contributed by atoms with Crippen LogP contribution in [0.3, 0.4) is 0 Å². The molecule has 9 rings (SSSR count). The van der Waals surface area contributed by atoms with E-state index in [0.29, 0.717) is 0 Å². The Bertz CT molecular complexity index is 2770.